The van der Waals surface area contributed by atoms with E-state index in [1.807, 2.05) is 0 Å². The Kier molecular flexibility index (Phi) is 9.80. The van der Waals surface area contributed by atoms with Crippen molar-refractivity contribution in [1.82, 2.24) is 0 Å². The third kappa shape index (κ3) is 8.62. The molecule has 0 aliphatic rings. The molecule has 0 aliphatic carbocycles. The van der Waals surface area contributed by atoms with Gasteiger partial charge in [0, 0.05) is 24.5 Å². The van der Waals surface area contributed by atoms with Crippen LogP contribution in [0.5, 0.6) is 0 Å². The van der Waals surface area contributed by atoms with Crippen LogP contribution in [0, 0.1) is 0 Å². The van der Waals surface area contributed by atoms with Crippen LogP contribution in [0.25, 0.3) is 0 Å². The molecule has 0 fully saturated rings. The average molecular weight is 265 g/mol. The summed E-state index contributed by atoms with van der Waals surface area (Å²) in [7, 11) is -1.96. The van der Waals surface area contributed by atoms with Gasteiger partial charge in [0.15, 0.2) is 0 Å². The van der Waals surface area contributed by atoms with Gasteiger partial charge in [0.1, 0.15) is 0 Å². The fourth-order valence-electron chi connectivity index (χ4n) is 1.56. The first-order chi connectivity index (χ1) is 7.54. The van der Waals surface area contributed by atoms with E-state index in [-0.39, 0.29) is 0 Å². The summed E-state index contributed by atoms with van der Waals surface area (Å²) in [5.41, 5.74) is 0. The molecule has 0 radical (unpaired) electrons. The number of unbranched alkanes of at least 4 members (excludes halogenated alkanes) is 2. The topological polar surface area (TPSA) is 18.5 Å². The molecular formula is C12H28O2SSi. The smallest absolute Gasteiger partial charge is 0.336 e. The van der Waals surface area contributed by atoms with Crippen LogP contribution >= 0.6 is 12.6 Å². The number of thiol groups is 1. The van der Waals surface area contributed by atoms with Crippen LogP contribution in [0.4, 0.5) is 0 Å². The van der Waals surface area contributed by atoms with Crippen LogP contribution < -0.4 is 0 Å². The lowest BCUT2D eigenvalue weighted by atomic mass is 10.4. The molecule has 0 heterocycles. The van der Waals surface area contributed by atoms with Gasteiger partial charge in [-0.1, -0.05) is 33.6 Å². The van der Waals surface area contributed by atoms with Gasteiger partial charge < -0.3 is 8.85 Å². The van der Waals surface area contributed by atoms with Gasteiger partial charge in [-0.25, -0.2) is 0 Å². The molecule has 0 saturated heterocycles. The summed E-state index contributed by atoms with van der Waals surface area (Å²) >= 11 is 4.46. The van der Waals surface area contributed by atoms with Gasteiger partial charge in [0.25, 0.3) is 0 Å². The zero-order chi connectivity index (χ0) is 12.4. The monoisotopic (exact) mass is 264 g/mol. The average Bonchev–Trinajstić information content (AvgIpc) is 2.17. The minimum atomic E-state index is -1.96. The first kappa shape index (κ1) is 16.5. The van der Waals surface area contributed by atoms with Gasteiger partial charge in [-0.3, -0.25) is 0 Å². The summed E-state index contributed by atoms with van der Waals surface area (Å²) in [5.74, 6) is 0. The highest BCUT2D eigenvalue weighted by Crippen LogP contribution is 2.19. The van der Waals surface area contributed by atoms with Crippen LogP contribution in [0.3, 0.4) is 0 Å². The Labute approximate surface area is 108 Å². The summed E-state index contributed by atoms with van der Waals surface area (Å²) in [6, 6.07) is 0.976. The number of rotatable bonds is 10. The third-order valence-corrected chi connectivity index (χ3v) is 5.99. The molecular weight excluding hydrogens is 236 g/mol. The molecule has 4 heteroatoms. The fraction of sp³-hybridized carbons (Fsp3) is 1.00. The Morgan fingerprint density at radius 2 is 1.50 bits per heavy atom. The minimum absolute atomic E-state index is 0.361. The molecule has 0 N–H and O–H groups in total. The van der Waals surface area contributed by atoms with E-state index in [1.54, 1.807) is 0 Å². The van der Waals surface area contributed by atoms with Crippen molar-refractivity contribution in [2.24, 2.45) is 0 Å². The Morgan fingerprint density at radius 3 is 1.81 bits per heavy atom. The van der Waals surface area contributed by atoms with Gasteiger partial charge in [-0.05, 0) is 19.4 Å². The van der Waals surface area contributed by atoms with Crippen molar-refractivity contribution < 1.29 is 8.85 Å². The van der Waals surface area contributed by atoms with Gasteiger partial charge in [-0.2, -0.15) is 12.6 Å². The van der Waals surface area contributed by atoms with Crippen molar-refractivity contribution in [3.63, 3.8) is 0 Å². The predicted molar refractivity (Wildman–Crippen MR) is 76.6 cm³/mol. The molecule has 0 aliphatic heterocycles. The molecule has 0 amide bonds. The van der Waals surface area contributed by atoms with E-state index in [2.05, 4.69) is 39.9 Å². The second-order valence-corrected chi connectivity index (χ2v) is 8.73. The fourth-order valence-corrected chi connectivity index (χ4v) is 5.10. The molecule has 0 rings (SSSR count). The minimum Gasteiger partial charge on any atom is -0.394 e. The molecule has 1 atom stereocenters. The normalized spacial score (nSPS) is 14.1. The maximum atomic E-state index is 6.00. The molecule has 16 heavy (non-hydrogen) atoms. The molecule has 0 saturated carbocycles. The molecule has 98 valence electrons. The Morgan fingerprint density at radius 1 is 1.06 bits per heavy atom. The maximum absolute atomic E-state index is 6.00. The van der Waals surface area contributed by atoms with Gasteiger partial charge in [0.05, 0.1) is 0 Å². The van der Waals surface area contributed by atoms with E-state index in [0.717, 1.165) is 32.1 Å². The summed E-state index contributed by atoms with van der Waals surface area (Å²) < 4.78 is 12.0. The van der Waals surface area contributed by atoms with Crippen LogP contribution in [-0.4, -0.2) is 27.0 Å². The standard InChI is InChI=1S/C12H28O2SSi/c1-5-7-9-13-16(4,11-12(3)15)14-10-8-6-2/h12,15H,5-11H2,1-4H3. The van der Waals surface area contributed by atoms with Gasteiger partial charge in [-0.15, -0.1) is 0 Å². The van der Waals surface area contributed by atoms with E-state index >= 15 is 0 Å². The molecule has 1 unspecified atom stereocenters. The van der Waals surface area contributed by atoms with Crippen molar-refractivity contribution >= 4 is 21.2 Å². The summed E-state index contributed by atoms with van der Waals surface area (Å²) in [4.78, 5) is 0. The Balaban J connectivity index is 4.02. The van der Waals surface area contributed by atoms with Crippen molar-refractivity contribution in [3.05, 3.63) is 0 Å². The highest BCUT2D eigenvalue weighted by atomic mass is 32.1. The number of hydrogen-bond donors (Lipinski definition) is 1. The highest BCUT2D eigenvalue weighted by molar-refractivity contribution is 7.81. The summed E-state index contributed by atoms with van der Waals surface area (Å²) in [5, 5.41) is 0.361. The van der Waals surface area contributed by atoms with Crippen LogP contribution in [0.1, 0.15) is 46.5 Å². The Hall–Kier alpha value is 0.487. The molecule has 2 nitrogen and oxygen atoms in total. The van der Waals surface area contributed by atoms with E-state index < -0.39 is 8.56 Å². The van der Waals surface area contributed by atoms with Crippen molar-refractivity contribution in [2.45, 2.75) is 64.3 Å². The predicted octanol–water partition coefficient (Wildman–Crippen LogP) is 4.01. The first-order valence-corrected chi connectivity index (χ1v) is 9.54. The van der Waals surface area contributed by atoms with E-state index in [4.69, 9.17) is 8.85 Å². The SMILES string of the molecule is CCCCO[Si](C)(CC(C)S)OCCCC. The lowest BCUT2D eigenvalue weighted by Gasteiger charge is -2.28. The van der Waals surface area contributed by atoms with Crippen LogP contribution in [0.15, 0.2) is 0 Å². The third-order valence-electron chi connectivity index (χ3n) is 2.48. The quantitative estimate of drug-likeness (QED) is 0.365. The highest BCUT2D eigenvalue weighted by Gasteiger charge is 2.32. The lowest BCUT2D eigenvalue weighted by molar-refractivity contribution is 0.169. The molecule has 0 aromatic heterocycles. The maximum Gasteiger partial charge on any atom is 0.336 e. The lowest BCUT2D eigenvalue weighted by Crippen LogP contribution is -2.41. The van der Waals surface area contributed by atoms with Crippen LogP contribution in [0.2, 0.25) is 12.6 Å². The zero-order valence-corrected chi connectivity index (χ0v) is 13.2. The van der Waals surface area contributed by atoms with E-state index in [9.17, 15) is 0 Å². The molecule has 0 aromatic rings. The molecule has 0 aromatic carbocycles. The van der Waals surface area contributed by atoms with Crippen LogP contribution in [-0.2, 0) is 8.85 Å². The van der Waals surface area contributed by atoms with E-state index in [1.165, 1.54) is 12.8 Å². The van der Waals surface area contributed by atoms with Crippen molar-refractivity contribution in [3.8, 4) is 0 Å². The second kappa shape index (κ2) is 9.51. The van der Waals surface area contributed by atoms with Gasteiger partial charge >= 0.3 is 8.56 Å². The van der Waals surface area contributed by atoms with Gasteiger partial charge in [0.2, 0.25) is 0 Å². The Bertz CT molecular complexity index is 155. The number of hydrogen-bond acceptors (Lipinski definition) is 3. The van der Waals surface area contributed by atoms with Crippen molar-refractivity contribution in [1.29, 1.82) is 0 Å². The largest absolute Gasteiger partial charge is 0.394 e. The zero-order valence-electron chi connectivity index (χ0n) is 11.3. The van der Waals surface area contributed by atoms with Crippen molar-refractivity contribution in [2.75, 3.05) is 13.2 Å². The first-order valence-electron chi connectivity index (χ1n) is 6.50. The molecule has 0 spiro atoms. The summed E-state index contributed by atoms with van der Waals surface area (Å²) in [6.07, 6.45) is 4.60. The summed E-state index contributed by atoms with van der Waals surface area (Å²) in [6.45, 7) is 10.3. The second-order valence-electron chi connectivity index (χ2n) is 4.59. The van der Waals surface area contributed by atoms with E-state index in [0.29, 0.717) is 5.25 Å². The molecule has 0 bridgehead atoms.